The molecule has 0 radical (unpaired) electrons. The molecule has 45 heavy (non-hydrogen) atoms. The monoisotopic (exact) mass is 634 g/mol. The van der Waals surface area contributed by atoms with Crippen molar-refractivity contribution in [3.05, 3.63) is 136 Å². The molecule has 4 aromatic carbocycles. The molecule has 0 saturated heterocycles. The third kappa shape index (κ3) is 14.2. The van der Waals surface area contributed by atoms with Gasteiger partial charge >= 0.3 is 0 Å². The summed E-state index contributed by atoms with van der Waals surface area (Å²) in [6.45, 7) is 6.93. The van der Waals surface area contributed by atoms with Gasteiger partial charge in [-0.3, -0.25) is 0 Å². The Kier molecular flexibility index (Phi) is 18.2. The van der Waals surface area contributed by atoms with Gasteiger partial charge in [-0.15, -0.1) is 0 Å². The van der Waals surface area contributed by atoms with Crippen LogP contribution in [0.2, 0.25) is 5.02 Å². The second-order valence-electron chi connectivity index (χ2n) is 10.9. The van der Waals surface area contributed by atoms with Crippen LogP contribution in [0.5, 0.6) is 5.75 Å². The van der Waals surface area contributed by atoms with Crippen LogP contribution in [0.15, 0.2) is 103 Å². The molecule has 1 unspecified atom stereocenters. The average molecular weight is 635 g/mol. The Labute approximate surface area is 276 Å². The zero-order valence-electron chi connectivity index (χ0n) is 27.8. The molecule has 0 amide bonds. The quantitative estimate of drug-likeness (QED) is 0.141. The lowest BCUT2D eigenvalue weighted by molar-refractivity contribution is -0.0856. The van der Waals surface area contributed by atoms with Crippen molar-refractivity contribution in [3.63, 3.8) is 0 Å². The third-order valence-corrected chi connectivity index (χ3v) is 7.62. The van der Waals surface area contributed by atoms with Crippen LogP contribution in [0.3, 0.4) is 0 Å². The summed E-state index contributed by atoms with van der Waals surface area (Å²) < 4.78 is 22.1. The summed E-state index contributed by atoms with van der Waals surface area (Å²) in [6, 6.07) is 34.8. The van der Waals surface area contributed by atoms with Gasteiger partial charge in [0, 0.05) is 32.8 Å². The smallest absolute Gasteiger partial charge is 0.119 e. The van der Waals surface area contributed by atoms with Crippen LogP contribution in [0, 0.1) is 0 Å². The van der Waals surface area contributed by atoms with E-state index in [4.69, 9.17) is 25.8 Å². The van der Waals surface area contributed by atoms with E-state index in [2.05, 4.69) is 53.3 Å². The largest absolute Gasteiger partial charge is 0.489 e. The number of ether oxygens (including phenoxy) is 4. The van der Waals surface area contributed by atoms with E-state index in [1.54, 1.807) is 21.3 Å². The van der Waals surface area contributed by atoms with Crippen molar-refractivity contribution in [2.75, 3.05) is 27.9 Å². The Hall–Kier alpha value is -3.19. The second-order valence-corrected chi connectivity index (χ2v) is 11.3. The van der Waals surface area contributed by atoms with Crippen molar-refractivity contribution >= 4 is 11.6 Å². The Balaban J connectivity index is 0.00000133. The van der Waals surface area contributed by atoms with Gasteiger partial charge in [0.05, 0.1) is 24.9 Å². The van der Waals surface area contributed by atoms with Crippen LogP contribution >= 0.6 is 11.6 Å². The van der Waals surface area contributed by atoms with Gasteiger partial charge in [0.2, 0.25) is 0 Å². The first-order valence-electron chi connectivity index (χ1n) is 15.6. The SMILES string of the molecule is CC.COC.CO[C@](C)(CO)CC(CCc1ccc(Cl)c(Cc2ccc(OCc3ccccc3)cc2)c1)OCc1ccccc1. The van der Waals surface area contributed by atoms with E-state index >= 15 is 0 Å². The van der Waals surface area contributed by atoms with E-state index in [0.29, 0.717) is 19.6 Å². The predicted molar refractivity (Wildman–Crippen MR) is 186 cm³/mol. The standard InChI is InChI=1S/C35H39ClO4.C2H6O.C2H6/c1-35(26-37,38-2)23-33(40-25-30-11-7-4-8-12-30)19-15-28-16-20-34(36)31(22-28)21-27-13-17-32(18-14-27)39-24-29-9-5-3-6-10-29;1-3-2;1-2/h3-14,16-18,20,22,33,37H,15,19,21,23-26H2,1-2H3;1-2H3;1-2H3/t33?,35-;;/m0../s1. The Morgan fingerprint density at radius 2 is 1.29 bits per heavy atom. The number of hydrogen-bond donors (Lipinski definition) is 1. The van der Waals surface area contributed by atoms with Gasteiger partial charge in [-0.1, -0.05) is 110 Å². The number of halogens is 1. The summed E-state index contributed by atoms with van der Waals surface area (Å²) in [5.41, 5.74) is 5.10. The topological polar surface area (TPSA) is 57.2 Å². The summed E-state index contributed by atoms with van der Waals surface area (Å²) >= 11 is 6.61. The van der Waals surface area contributed by atoms with Crippen molar-refractivity contribution in [1.82, 2.24) is 0 Å². The molecule has 1 N–H and O–H groups in total. The molecule has 0 aliphatic carbocycles. The van der Waals surface area contributed by atoms with E-state index in [9.17, 15) is 5.11 Å². The van der Waals surface area contributed by atoms with Gasteiger partial charge in [0.25, 0.3) is 0 Å². The first kappa shape index (κ1) is 38.0. The first-order chi connectivity index (χ1) is 21.9. The molecule has 244 valence electrons. The lowest BCUT2D eigenvalue weighted by Gasteiger charge is -2.30. The van der Waals surface area contributed by atoms with Gasteiger partial charge in [-0.25, -0.2) is 0 Å². The first-order valence-corrected chi connectivity index (χ1v) is 16.0. The zero-order chi connectivity index (χ0) is 32.9. The number of aliphatic hydroxyl groups is 1. The van der Waals surface area contributed by atoms with E-state index in [1.165, 1.54) is 11.1 Å². The molecule has 2 atom stereocenters. The Morgan fingerprint density at radius 1 is 0.733 bits per heavy atom. The number of benzene rings is 4. The fraction of sp³-hybridized carbons (Fsp3) is 0.385. The van der Waals surface area contributed by atoms with Gasteiger partial charge in [0.15, 0.2) is 0 Å². The van der Waals surface area contributed by atoms with E-state index < -0.39 is 5.60 Å². The maximum absolute atomic E-state index is 9.91. The second kappa shape index (κ2) is 21.5. The number of hydrogen-bond acceptors (Lipinski definition) is 5. The minimum Gasteiger partial charge on any atom is -0.489 e. The van der Waals surface area contributed by atoms with E-state index in [1.807, 2.05) is 75.4 Å². The predicted octanol–water partition coefficient (Wildman–Crippen LogP) is 9.10. The summed E-state index contributed by atoms with van der Waals surface area (Å²) in [4.78, 5) is 0. The minimum atomic E-state index is -0.649. The number of rotatable bonds is 15. The van der Waals surface area contributed by atoms with Crippen LogP contribution in [-0.2, 0) is 40.3 Å². The maximum Gasteiger partial charge on any atom is 0.119 e. The molecule has 4 rings (SSSR count). The van der Waals surface area contributed by atoms with E-state index in [-0.39, 0.29) is 12.7 Å². The normalized spacial score (nSPS) is 12.5. The maximum atomic E-state index is 9.91. The molecule has 5 nitrogen and oxygen atoms in total. The summed E-state index contributed by atoms with van der Waals surface area (Å²) in [7, 11) is 4.89. The molecular weight excluding hydrogens is 584 g/mol. The number of aliphatic hydroxyl groups excluding tert-OH is 1. The molecule has 0 heterocycles. The Morgan fingerprint density at radius 3 is 1.84 bits per heavy atom. The van der Waals surface area contributed by atoms with Crippen LogP contribution in [0.25, 0.3) is 0 Å². The summed E-state index contributed by atoms with van der Waals surface area (Å²) in [5, 5.41) is 10.7. The molecule has 0 fully saturated rings. The van der Waals surface area contributed by atoms with Crippen LogP contribution in [0.1, 0.15) is 61.4 Å². The zero-order valence-corrected chi connectivity index (χ0v) is 28.6. The highest BCUT2D eigenvalue weighted by atomic mass is 35.5. The van der Waals surface area contributed by atoms with Gasteiger partial charge in [0.1, 0.15) is 12.4 Å². The molecule has 6 heteroatoms. The van der Waals surface area contributed by atoms with Crippen molar-refractivity contribution in [1.29, 1.82) is 0 Å². The van der Waals surface area contributed by atoms with Crippen molar-refractivity contribution in [2.45, 2.75) is 71.4 Å². The summed E-state index contributed by atoms with van der Waals surface area (Å²) in [6.07, 6.45) is 2.92. The van der Waals surface area contributed by atoms with Gasteiger partial charge in [-0.05, 0) is 72.2 Å². The number of aryl methyl sites for hydroxylation is 1. The van der Waals surface area contributed by atoms with Crippen LogP contribution < -0.4 is 4.74 Å². The highest BCUT2D eigenvalue weighted by Gasteiger charge is 2.28. The van der Waals surface area contributed by atoms with Crippen LogP contribution in [-0.4, -0.2) is 44.7 Å². The molecule has 0 aromatic heterocycles. The lowest BCUT2D eigenvalue weighted by Crippen LogP contribution is -2.37. The minimum absolute atomic E-state index is 0.0596. The lowest BCUT2D eigenvalue weighted by atomic mass is 9.94. The van der Waals surface area contributed by atoms with Gasteiger partial charge < -0.3 is 24.1 Å². The Bertz CT molecular complexity index is 1310. The van der Waals surface area contributed by atoms with E-state index in [0.717, 1.165) is 46.7 Å². The molecule has 0 bridgehead atoms. The third-order valence-electron chi connectivity index (χ3n) is 7.25. The fourth-order valence-electron chi connectivity index (χ4n) is 4.64. The highest BCUT2D eigenvalue weighted by Crippen LogP contribution is 2.26. The fourth-order valence-corrected chi connectivity index (χ4v) is 4.82. The molecule has 0 aliphatic heterocycles. The van der Waals surface area contributed by atoms with Crippen LogP contribution in [0.4, 0.5) is 0 Å². The molecule has 4 aromatic rings. The van der Waals surface area contributed by atoms with Gasteiger partial charge in [-0.2, -0.15) is 0 Å². The summed E-state index contributed by atoms with van der Waals surface area (Å²) in [5.74, 6) is 0.847. The number of methoxy groups -OCH3 is 2. The molecular formula is C39H51ClO5. The molecule has 0 spiro atoms. The molecule has 0 aliphatic rings. The average Bonchev–Trinajstić information content (AvgIpc) is 3.09. The highest BCUT2D eigenvalue weighted by molar-refractivity contribution is 6.31. The molecule has 0 saturated carbocycles. The van der Waals surface area contributed by atoms with Crippen molar-refractivity contribution in [3.8, 4) is 5.75 Å². The van der Waals surface area contributed by atoms with Crippen molar-refractivity contribution < 1.29 is 24.1 Å². The van der Waals surface area contributed by atoms with Crippen molar-refractivity contribution in [2.24, 2.45) is 0 Å².